The smallest absolute Gasteiger partial charge is 0.154 e. The van der Waals surface area contributed by atoms with Crippen molar-refractivity contribution in [1.82, 2.24) is 14.6 Å². The van der Waals surface area contributed by atoms with Crippen LogP contribution < -0.4 is 5.32 Å². The molecule has 0 amide bonds. The zero-order valence-electron chi connectivity index (χ0n) is 7.16. The molecule has 13 heavy (non-hydrogen) atoms. The van der Waals surface area contributed by atoms with Gasteiger partial charge in [-0.1, -0.05) is 0 Å². The maximum absolute atomic E-state index is 4.36. The standard InChI is InChI=1S/C8H9IN4/c1-2-10-7-3-4-8-11-5-6(9)13(8)12-7/h3-5H,2H2,1H3,(H,10,12). The van der Waals surface area contributed by atoms with Crippen LogP contribution in [-0.2, 0) is 0 Å². The highest BCUT2D eigenvalue weighted by molar-refractivity contribution is 14.1. The summed E-state index contributed by atoms with van der Waals surface area (Å²) in [5.74, 6) is 0.880. The van der Waals surface area contributed by atoms with E-state index in [1.165, 1.54) is 0 Å². The predicted octanol–water partition coefficient (Wildman–Crippen LogP) is 1.77. The van der Waals surface area contributed by atoms with Gasteiger partial charge in [-0.3, -0.25) is 0 Å². The molecule has 0 aromatic carbocycles. The summed E-state index contributed by atoms with van der Waals surface area (Å²) in [7, 11) is 0. The number of hydrogen-bond donors (Lipinski definition) is 1. The van der Waals surface area contributed by atoms with Gasteiger partial charge in [-0.15, -0.1) is 5.10 Å². The molecule has 2 aromatic heterocycles. The Kier molecular flexibility index (Phi) is 2.34. The summed E-state index contributed by atoms with van der Waals surface area (Å²) in [5, 5.41) is 7.51. The molecule has 0 bridgehead atoms. The van der Waals surface area contributed by atoms with Crippen molar-refractivity contribution in [1.29, 1.82) is 0 Å². The molecule has 5 heteroatoms. The summed E-state index contributed by atoms with van der Waals surface area (Å²) in [6.07, 6.45) is 1.80. The molecule has 0 atom stereocenters. The number of fused-ring (bicyclic) bond motifs is 1. The fourth-order valence-electron chi connectivity index (χ4n) is 1.12. The number of aromatic nitrogens is 3. The SMILES string of the molecule is CCNc1ccc2ncc(I)n2n1. The lowest BCUT2D eigenvalue weighted by atomic mass is 10.5. The van der Waals surface area contributed by atoms with Crippen molar-refractivity contribution >= 4 is 34.1 Å². The molecular formula is C8H9IN4. The maximum atomic E-state index is 4.36. The fraction of sp³-hybridized carbons (Fsp3) is 0.250. The van der Waals surface area contributed by atoms with Crippen molar-refractivity contribution < 1.29 is 0 Å². The Morgan fingerprint density at radius 2 is 2.38 bits per heavy atom. The summed E-state index contributed by atoms with van der Waals surface area (Å²) in [6.45, 7) is 2.93. The monoisotopic (exact) mass is 288 g/mol. The second-order valence-corrected chi connectivity index (χ2v) is 3.71. The largest absolute Gasteiger partial charge is 0.369 e. The first-order valence-electron chi connectivity index (χ1n) is 4.05. The summed E-state index contributed by atoms with van der Waals surface area (Å²) in [5.41, 5.74) is 0.881. The minimum absolute atomic E-state index is 0.879. The highest BCUT2D eigenvalue weighted by Gasteiger charge is 2.01. The zero-order valence-corrected chi connectivity index (χ0v) is 9.32. The van der Waals surface area contributed by atoms with Crippen LogP contribution in [0.3, 0.4) is 0 Å². The number of anilines is 1. The Bertz CT molecular complexity index is 423. The third-order valence-electron chi connectivity index (χ3n) is 1.68. The van der Waals surface area contributed by atoms with Gasteiger partial charge in [-0.05, 0) is 41.6 Å². The van der Waals surface area contributed by atoms with E-state index >= 15 is 0 Å². The number of nitrogens with one attached hydrogen (secondary N) is 1. The first kappa shape index (κ1) is 8.74. The number of rotatable bonds is 2. The molecule has 4 nitrogen and oxygen atoms in total. The van der Waals surface area contributed by atoms with Gasteiger partial charge in [0.1, 0.15) is 9.52 Å². The van der Waals surface area contributed by atoms with Gasteiger partial charge in [0.15, 0.2) is 5.65 Å². The average molecular weight is 288 g/mol. The molecule has 1 N–H and O–H groups in total. The van der Waals surface area contributed by atoms with Crippen molar-refractivity contribution in [2.24, 2.45) is 0 Å². The third kappa shape index (κ3) is 1.60. The van der Waals surface area contributed by atoms with Gasteiger partial charge < -0.3 is 5.32 Å². The van der Waals surface area contributed by atoms with E-state index in [1.54, 1.807) is 6.20 Å². The molecule has 0 saturated carbocycles. The predicted molar refractivity (Wildman–Crippen MR) is 59.9 cm³/mol. The number of imidazole rings is 1. The van der Waals surface area contributed by atoms with Crippen LogP contribution in [0.4, 0.5) is 5.82 Å². The molecule has 2 aromatic rings. The molecular weight excluding hydrogens is 279 g/mol. The van der Waals surface area contributed by atoms with Crippen LogP contribution in [0.5, 0.6) is 0 Å². The van der Waals surface area contributed by atoms with E-state index in [4.69, 9.17) is 0 Å². The summed E-state index contributed by atoms with van der Waals surface area (Å²) in [4.78, 5) is 4.18. The normalized spacial score (nSPS) is 10.6. The van der Waals surface area contributed by atoms with Crippen LogP contribution in [0.25, 0.3) is 5.65 Å². The van der Waals surface area contributed by atoms with Crippen molar-refractivity contribution in [2.75, 3.05) is 11.9 Å². The minimum Gasteiger partial charge on any atom is -0.369 e. The topological polar surface area (TPSA) is 42.2 Å². The van der Waals surface area contributed by atoms with Crippen LogP contribution >= 0.6 is 22.6 Å². The van der Waals surface area contributed by atoms with Crippen molar-refractivity contribution in [3.05, 3.63) is 22.0 Å². The maximum Gasteiger partial charge on any atom is 0.154 e. The van der Waals surface area contributed by atoms with E-state index in [0.717, 1.165) is 21.7 Å². The van der Waals surface area contributed by atoms with E-state index in [1.807, 2.05) is 23.6 Å². The Labute approximate surface area is 89.5 Å². The lowest BCUT2D eigenvalue weighted by Gasteiger charge is -2.01. The van der Waals surface area contributed by atoms with E-state index in [0.29, 0.717) is 0 Å². The van der Waals surface area contributed by atoms with E-state index in [9.17, 15) is 0 Å². The van der Waals surface area contributed by atoms with Gasteiger partial charge >= 0.3 is 0 Å². The Balaban J connectivity index is 2.53. The molecule has 0 aliphatic heterocycles. The van der Waals surface area contributed by atoms with Gasteiger partial charge in [0, 0.05) is 6.54 Å². The summed E-state index contributed by atoms with van der Waals surface area (Å²) < 4.78 is 2.84. The summed E-state index contributed by atoms with van der Waals surface area (Å²) in [6, 6.07) is 3.88. The summed E-state index contributed by atoms with van der Waals surface area (Å²) >= 11 is 2.21. The first-order chi connectivity index (χ1) is 6.31. The number of hydrogen-bond acceptors (Lipinski definition) is 3. The fourth-order valence-corrected chi connectivity index (χ4v) is 1.62. The van der Waals surface area contributed by atoms with E-state index in [-0.39, 0.29) is 0 Å². The van der Waals surface area contributed by atoms with Crippen LogP contribution in [-0.4, -0.2) is 21.1 Å². The average Bonchev–Trinajstić information content (AvgIpc) is 2.49. The Morgan fingerprint density at radius 1 is 1.54 bits per heavy atom. The highest BCUT2D eigenvalue weighted by atomic mass is 127. The lowest BCUT2D eigenvalue weighted by molar-refractivity contribution is 0.910. The van der Waals surface area contributed by atoms with Gasteiger partial charge in [-0.25, -0.2) is 9.50 Å². The van der Waals surface area contributed by atoms with Gasteiger partial charge in [0.05, 0.1) is 6.20 Å². The first-order valence-corrected chi connectivity index (χ1v) is 5.13. The minimum atomic E-state index is 0.879. The second-order valence-electron chi connectivity index (χ2n) is 2.60. The number of nitrogens with zero attached hydrogens (tertiary/aromatic N) is 3. The molecule has 2 heterocycles. The molecule has 0 radical (unpaired) electrons. The van der Waals surface area contributed by atoms with Gasteiger partial charge in [0.2, 0.25) is 0 Å². The Hall–Kier alpha value is -0.850. The molecule has 0 spiro atoms. The number of halogens is 1. The van der Waals surface area contributed by atoms with E-state index in [2.05, 4.69) is 38.0 Å². The van der Waals surface area contributed by atoms with Crippen LogP contribution in [0, 0.1) is 3.70 Å². The quantitative estimate of drug-likeness (QED) is 0.856. The van der Waals surface area contributed by atoms with Crippen molar-refractivity contribution in [3.63, 3.8) is 0 Å². The molecule has 68 valence electrons. The van der Waals surface area contributed by atoms with Crippen LogP contribution in [0.15, 0.2) is 18.3 Å². The molecule has 2 rings (SSSR count). The van der Waals surface area contributed by atoms with Crippen molar-refractivity contribution in [2.45, 2.75) is 6.92 Å². The van der Waals surface area contributed by atoms with Crippen LogP contribution in [0.2, 0.25) is 0 Å². The molecule has 0 saturated heterocycles. The molecule has 0 aliphatic carbocycles. The van der Waals surface area contributed by atoms with Gasteiger partial charge in [-0.2, -0.15) is 0 Å². The van der Waals surface area contributed by atoms with Gasteiger partial charge in [0.25, 0.3) is 0 Å². The third-order valence-corrected chi connectivity index (χ3v) is 2.41. The molecule has 0 unspecified atom stereocenters. The van der Waals surface area contributed by atoms with Crippen molar-refractivity contribution in [3.8, 4) is 0 Å². The molecule has 0 fully saturated rings. The zero-order chi connectivity index (χ0) is 9.26. The Morgan fingerprint density at radius 3 is 3.15 bits per heavy atom. The molecule has 0 aliphatic rings. The van der Waals surface area contributed by atoms with E-state index < -0.39 is 0 Å². The lowest BCUT2D eigenvalue weighted by Crippen LogP contribution is -2.03. The van der Waals surface area contributed by atoms with Crippen LogP contribution in [0.1, 0.15) is 6.92 Å². The second kappa shape index (κ2) is 3.49. The highest BCUT2D eigenvalue weighted by Crippen LogP contribution is 2.10.